The molecule has 1 aliphatic heterocycles. The number of nitrogens with two attached hydrogens (primary N) is 1. The van der Waals surface area contributed by atoms with Crippen LogP contribution in [-0.4, -0.2) is 24.2 Å². The van der Waals surface area contributed by atoms with Gasteiger partial charge in [0.25, 0.3) is 0 Å². The molecular weight excluding hydrogens is 273 g/mol. The van der Waals surface area contributed by atoms with Gasteiger partial charge in [-0.05, 0) is 37.1 Å². The summed E-state index contributed by atoms with van der Waals surface area (Å²) in [5.41, 5.74) is 6.69. The monoisotopic (exact) mass is 288 g/mol. The molecule has 0 saturated heterocycles. The largest absolute Gasteiger partial charge is 0.479 e. The van der Waals surface area contributed by atoms with Crippen molar-refractivity contribution in [3.8, 4) is 5.75 Å². The van der Waals surface area contributed by atoms with Crippen molar-refractivity contribution in [1.29, 1.82) is 0 Å². The second kappa shape index (κ2) is 5.32. The average molecular weight is 288 g/mol. The summed E-state index contributed by atoms with van der Waals surface area (Å²) in [6, 6.07) is 3.27. The summed E-state index contributed by atoms with van der Waals surface area (Å²) in [5, 5.41) is 2.65. The predicted molar refractivity (Wildman–Crippen MR) is 67.5 cm³/mol. The second-order valence-electron chi connectivity index (χ2n) is 4.81. The van der Waals surface area contributed by atoms with Crippen molar-refractivity contribution in [2.75, 3.05) is 5.32 Å². The Balaban J connectivity index is 2.20. The second-order valence-corrected chi connectivity index (χ2v) is 4.81. The van der Waals surface area contributed by atoms with E-state index in [1.165, 1.54) is 25.1 Å². The van der Waals surface area contributed by atoms with E-state index in [-0.39, 0.29) is 11.7 Å². The van der Waals surface area contributed by atoms with Gasteiger partial charge >= 0.3 is 6.18 Å². The third kappa shape index (κ3) is 3.22. The Morgan fingerprint density at radius 1 is 1.35 bits per heavy atom. The topological polar surface area (TPSA) is 64.3 Å². The van der Waals surface area contributed by atoms with E-state index in [1.54, 1.807) is 0 Å². The minimum atomic E-state index is -4.53. The minimum Gasteiger partial charge on any atom is -0.479 e. The van der Waals surface area contributed by atoms with Gasteiger partial charge in [0.1, 0.15) is 5.75 Å². The van der Waals surface area contributed by atoms with E-state index < -0.39 is 18.3 Å². The maximum atomic E-state index is 12.8. The van der Waals surface area contributed by atoms with Crippen LogP contribution in [0.4, 0.5) is 18.9 Å². The number of carbonyl (C=O) groups excluding carboxylic acids is 1. The van der Waals surface area contributed by atoms with E-state index in [0.29, 0.717) is 18.5 Å². The number of hydrogen-bond acceptors (Lipinski definition) is 3. The molecule has 1 heterocycles. The van der Waals surface area contributed by atoms with Crippen molar-refractivity contribution in [3.05, 3.63) is 23.8 Å². The van der Waals surface area contributed by atoms with Gasteiger partial charge in [0, 0.05) is 18.2 Å². The smallest absolute Gasteiger partial charge is 0.426 e. The Bertz CT molecular complexity index is 515. The zero-order valence-electron chi connectivity index (χ0n) is 10.8. The highest BCUT2D eigenvalue weighted by atomic mass is 19.4. The number of nitrogens with one attached hydrogen (secondary N) is 1. The van der Waals surface area contributed by atoms with E-state index in [4.69, 9.17) is 10.5 Å². The number of fused-ring (bicyclic) bond motifs is 1. The van der Waals surface area contributed by atoms with Crippen molar-refractivity contribution >= 4 is 11.6 Å². The maximum Gasteiger partial charge on any atom is 0.426 e. The van der Waals surface area contributed by atoms with Gasteiger partial charge in [0.15, 0.2) is 0 Å². The number of hydrogen-bond donors (Lipinski definition) is 2. The number of halogens is 3. The van der Waals surface area contributed by atoms with Crippen LogP contribution in [0, 0.1) is 0 Å². The molecule has 110 valence electrons. The van der Waals surface area contributed by atoms with Gasteiger partial charge in [0.05, 0.1) is 0 Å². The van der Waals surface area contributed by atoms with Crippen LogP contribution in [0.5, 0.6) is 5.75 Å². The fourth-order valence-electron chi connectivity index (χ4n) is 2.05. The van der Waals surface area contributed by atoms with Crippen LogP contribution in [0.3, 0.4) is 0 Å². The third-order valence-electron chi connectivity index (χ3n) is 3.04. The van der Waals surface area contributed by atoms with Crippen LogP contribution in [0.2, 0.25) is 0 Å². The van der Waals surface area contributed by atoms with Crippen molar-refractivity contribution in [2.45, 2.75) is 38.1 Å². The summed E-state index contributed by atoms with van der Waals surface area (Å²) in [6.45, 7) is 1.25. The van der Waals surface area contributed by atoms with E-state index in [1.807, 2.05) is 0 Å². The molecule has 4 nitrogen and oxygen atoms in total. The molecule has 1 aromatic rings. The molecule has 0 radical (unpaired) electrons. The standard InChI is InChI=1S/C13H15F3N2O2/c1-7(17)12(13(14,15)16)20-9-3-4-10-8(6-9)2-5-11(19)18-10/h3-4,6-7,12H,2,5,17H2,1H3,(H,18,19). The lowest BCUT2D eigenvalue weighted by Crippen LogP contribution is -2.47. The zero-order valence-corrected chi connectivity index (χ0v) is 10.8. The number of alkyl halides is 3. The first-order valence-corrected chi connectivity index (χ1v) is 6.19. The molecule has 1 aromatic carbocycles. The van der Waals surface area contributed by atoms with E-state index >= 15 is 0 Å². The predicted octanol–water partition coefficient (Wildman–Crippen LogP) is 2.23. The molecular formula is C13H15F3N2O2. The summed E-state index contributed by atoms with van der Waals surface area (Å²) in [7, 11) is 0. The van der Waals surface area contributed by atoms with Crippen molar-refractivity contribution in [2.24, 2.45) is 5.73 Å². The molecule has 1 amide bonds. The van der Waals surface area contributed by atoms with Gasteiger partial charge in [-0.25, -0.2) is 0 Å². The number of ether oxygens (including phenoxy) is 1. The van der Waals surface area contributed by atoms with E-state index in [9.17, 15) is 18.0 Å². The van der Waals surface area contributed by atoms with Crippen LogP contribution < -0.4 is 15.8 Å². The summed E-state index contributed by atoms with van der Waals surface area (Å²) >= 11 is 0. The molecule has 0 aliphatic carbocycles. The highest BCUT2D eigenvalue weighted by Crippen LogP contribution is 2.31. The molecule has 2 rings (SSSR count). The first kappa shape index (κ1) is 14.6. The molecule has 0 fully saturated rings. The highest BCUT2D eigenvalue weighted by molar-refractivity contribution is 5.93. The number of anilines is 1. The van der Waals surface area contributed by atoms with Crippen molar-refractivity contribution in [1.82, 2.24) is 0 Å². The number of aryl methyl sites for hydroxylation is 1. The summed E-state index contributed by atoms with van der Waals surface area (Å²) in [5.74, 6) is -0.00515. The van der Waals surface area contributed by atoms with Crippen LogP contribution >= 0.6 is 0 Å². The fraction of sp³-hybridized carbons (Fsp3) is 0.462. The van der Waals surface area contributed by atoms with Gasteiger partial charge in [-0.2, -0.15) is 13.2 Å². The first-order valence-electron chi connectivity index (χ1n) is 6.19. The molecule has 20 heavy (non-hydrogen) atoms. The molecule has 0 aromatic heterocycles. The van der Waals surface area contributed by atoms with Crippen molar-refractivity contribution < 1.29 is 22.7 Å². The van der Waals surface area contributed by atoms with Gasteiger partial charge in [-0.1, -0.05) is 0 Å². The lowest BCUT2D eigenvalue weighted by Gasteiger charge is -2.25. The molecule has 2 unspecified atom stereocenters. The molecule has 0 saturated carbocycles. The molecule has 0 spiro atoms. The highest BCUT2D eigenvalue weighted by Gasteiger charge is 2.44. The van der Waals surface area contributed by atoms with Crippen LogP contribution in [-0.2, 0) is 11.2 Å². The lowest BCUT2D eigenvalue weighted by atomic mass is 10.0. The third-order valence-corrected chi connectivity index (χ3v) is 3.04. The molecule has 7 heteroatoms. The summed E-state index contributed by atoms with van der Waals surface area (Å²) in [4.78, 5) is 11.2. The summed E-state index contributed by atoms with van der Waals surface area (Å²) < 4.78 is 43.3. The number of benzene rings is 1. The molecule has 0 bridgehead atoms. The number of rotatable bonds is 3. The van der Waals surface area contributed by atoms with Gasteiger partial charge in [0.2, 0.25) is 12.0 Å². The minimum absolute atomic E-state index is 0.0968. The first-order chi connectivity index (χ1) is 9.27. The Morgan fingerprint density at radius 3 is 2.65 bits per heavy atom. The van der Waals surface area contributed by atoms with Crippen LogP contribution in [0.25, 0.3) is 0 Å². The number of carbonyl (C=O) groups is 1. The summed E-state index contributed by atoms with van der Waals surface area (Å²) in [6.07, 6.45) is -5.79. The van der Waals surface area contributed by atoms with E-state index in [0.717, 1.165) is 5.56 Å². The van der Waals surface area contributed by atoms with E-state index in [2.05, 4.69) is 5.32 Å². The Labute approximate surface area is 114 Å². The van der Waals surface area contributed by atoms with Crippen LogP contribution in [0.15, 0.2) is 18.2 Å². The Morgan fingerprint density at radius 2 is 2.05 bits per heavy atom. The van der Waals surface area contributed by atoms with Gasteiger partial charge < -0.3 is 15.8 Å². The zero-order chi connectivity index (χ0) is 14.9. The normalized spacial score (nSPS) is 17.9. The maximum absolute atomic E-state index is 12.8. The lowest BCUT2D eigenvalue weighted by molar-refractivity contribution is -0.199. The van der Waals surface area contributed by atoms with Crippen molar-refractivity contribution in [3.63, 3.8) is 0 Å². The number of amides is 1. The van der Waals surface area contributed by atoms with Crippen LogP contribution in [0.1, 0.15) is 18.9 Å². The Kier molecular flexibility index (Phi) is 3.89. The molecule has 1 aliphatic rings. The quantitative estimate of drug-likeness (QED) is 0.896. The van der Waals surface area contributed by atoms with Gasteiger partial charge in [-0.15, -0.1) is 0 Å². The fourth-order valence-corrected chi connectivity index (χ4v) is 2.05. The molecule has 3 N–H and O–H groups in total. The Hall–Kier alpha value is -1.76. The SMILES string of the molecule is CC(N)C(Oc1ccc2c(c1)CCC(=O)N2)C(F)(F)F. The van der Waals surface area contributed by atoms with Gasteiger partial charge in [-0.3, -0.25) is 4.79 Å². The molecule has 2 atom stereocenters. The average Bonchev–Trinajstić information content (AvgIpc) is 2.34.